The monoisotopic (exact) mass is 347 g/mol. The maximum absolute atomic E-state index is 13.1. The lowest BCUT2D eigenvalue weighted by Gasteiger charge is -2.09. The molecule has 3 rings (SSSR count). The second-order valence-corrected chi connectivity index (χ2v) is 7.47. The number of nitrogens with one attached hydrogen (secondary N) is 1. The van der Waals surface area contributed by atoms with E-state index in [1.807, 2.05) is 29.8 Å². The van der Waals surface area contributed by atoms with Gasteiger partial charge in [0.25, 0.3) is 0 Å². The summed E-state index contributed by atoms with van der Waals surface area (Å²) in [6, 6.07) is 9.53. The number of aromatic nitrogens is 2. The number of imidazole rings is 1. The van der Waals surface area contributed by atoms with Gasteiger partial charge < -0.3 is 4.57 Å². The third-order valence-electron chi connectivity index (χ3n) is 3.92. The molecule has 2 aromatic carbocycles. The molecule has 0 amide bonds. The summed E-state index contributed by atoms with van der Waals surface area (Å²) in [4.78, 5) is 4.39. The minimum absolute atomic E-state index is 0.101. The van der Waals surface area contributed by atoms with E-state index in [2.05, 4.69) is 9.71 Å². The summed E-state index contributed by atoms with van der Waals surface area (Å²) in [5, 5.41) is 0. The number of nitrogens with zero attached hydrogens (tertiary/aromatic N) is 2. The molecule has 0 radical (unpaired) electrons. The van der Waals surface area contributed by atoms with Crippen molar-refractivity contribution in [2.75, 3.05) is 6.54 Å². The highest BCUT2D eigenvalue weighted by atomic mass is 32.2. The maximum atomic E-state index is 13.1. The summed E-state index contributed by atoms with van der Waals surface area (Å²) in [6.45, 7) is 1.84. The highest BCUT2D eigenvalue weighted by Crippen LogP contribution is 2.17. The van der Waals surface area contributed by atoms with Crippen molar-refractivity contribution in [1.29, 1.82) is 0 Å². The van der Waals surface area contributed by atoms with E-state index in [9.17, 15) is 12.8 Å². The van der Waals surface area contributed by atoms with Crippen molar-refractivity contribution in [1.82, 2.24) is 14.3 Å². The van der Waals surface area contributed by atoms with Gasteiger partial charge in [-0.2, -0.15) is 0 Å². The van der Waals surface area contributed by atoms with Crippen molar-refractivity contribution in [3.8, 4) is 0 Å². The highest BCUT2D eigenvalue weighted by Gasteiger charge is 2.16. The van der Waals surface area contributed by atoms with Gasteiger partial charge in [0.1, 0.15) is 5.82 Å². The van der Waals surface area contributed by atoms with Crippen LogP contribution in [0.15, 0.2) is 47.6 Å². The average Bonchev–Trinajstić information content (AvgIpc) is 2.87. The van der Waals surface area contributed by atoms with Crippen molar-refractivity contribution in [3.05, 3.63) is 59.7 Å². The lowest BCUT2D eigenvalue weighted by atomic mass is 10.1. The van der Waals surface area contributed by atoms with Crippen LogP contribution in [-0.4, -0.2) is 24.5 Å². The minimum Gasteiger partial charge on any atom is -0.334 e. The first-order chi connectivity index (χ1) is 11.4. The van der Waals surface area contributed by atoms with E-state index in [4.69, 9.17) is 0 Å². The van der Waals surface area contributed by atoms with E-state index in [0.717, 1.165) is 22.7 Å². The van der Waals surface area contributed by atoms with Gasteiger partial charge >= 0.3 is 0 Å². The zero-order valence-electron chi connectivity index (χ0n) is 13.5. The fourth-order valence-electron chi connectivity index (χ4n) is 2.66. The molecule has 7 heteroatoms. The second-order valence-electron chi connectivity index (χ2n) is 5.74. The third kappa shape index (κ3) is 3.32. The van der Waals surface area contributed by atoms with Gasteiger partial charge in [-0.15, -0.1) is 0 Å². The lowest BCUT2D eigenvalue weighted by Crippen LogP contribution is -2.26. The lowest BCUT2D eigenvalue weighted by molar-refractivity contribution is 0.580. The van der Waals surface area contributed by atoms with Crippen molar-refractivity contribution in [3.63, 3.8) is 0 Å². The van der Waals surface area contributed by atoms with E-state index in [0.29, 0.717) is 12.0 Å². The van der Waals surface area contributed by atoms with Crippen LogP contribution in [0.2, 0.25) is 0 Å². The molecule has 1 aromatic heterocycles. The van der Waals surface area contributed by atoms with Crippen LogP contribution in [0.3, 0.4) is 0 Å². The van der Waals surface area contributed by atoms with Crippen LogP contribution in [0.25, 0.3) is 11.0 Å². The van der Waals surface area contributed by atoms with Gasteiger partial charge in [0.15, 0.2) is 0 Å². The summed E-state index contributed by atoms with van der Waals surface area (Å²) in [5.41, 5.74) is 3.30. The van der Waals surface area contributed by atoms with Crippen LogP contribution in [0, 0.1) is 12.7 Å². The molecule has 126 valence electrons. The SMILES string of the molecule is Cc1cc(F)ccc1S(=O)(=O)NCCc1ccc2c(c1)ncn2C. The molecule has 0 saturated heterocycles. The Morgan fingerprint density at radius 2 is 2.00 bits per heavy atom. The number of hydrogen-bond acceptors (Lipinski definition) is 3. The zero-order chi connectivity index (χ0) is 17.3. The fourth-order valence-corrected chi connectivity index (χ4v) is 3.92. The summed E-state index contributed by atoms with van der Waals surface area (Å²) in [5.74, 6) is -0.449. The topological polar surface area (TPSA) is 64.0 Å². The Kier molecular flexibility index (Phi) is 4.38. The molecule has 0 spiro atoms. The maximum Gasteiger partial charge on any atom is 0.240 e. The molecule has 1 heterocycles. The normalized spacial score (nSPS) is 12.0. The van der Waals surface area contributed by atoms with Gasteiger partial charge in [-0.1, -0.05) is 6.07 Å². The standard InChI is InChI=1S/C17H18FN3O2S/c1-12-9-14(18)4-6-17(12)24(22,23)20-8-7-13-3-5-16-15(10-13)19-11-21(16)2/h3-6,9-11,20H,7-8H2,1-2H3. The predicted octanol–water partition coefficient (Wildman–Crippen LogP) is 2.54. The van der Waals surface area contributed by atoms with Gasteiger partial charge in [-0.05, 0) is 54.8 Å². The molecular weight excluding hydrogens is 329 g/mol. The summed E-state index contributed by atoms with van der Waals surface area (Å²) in [6.07, 6.45) is 2.29. The van der Waals surface area contributed by atoms with Crippen molar-refractivity contribution < 1.29 is 12.8 Å². The molecule has 0 saturated carbocycles. The Bertz CT molecular complexity index is 996. The zero-order valence-corrected chi connectivity index (χ0v) is 14.3. The number of sulfonamides is 1. The minimum atomic E-state index is -3.65. The summed E-state index contributed by atoms with van der Waals surface area (Å²) < 4.78 is 42.2. The largest absolute Gasteiger partial charge is 0.334 e. The number of rotatable bonds is 5. The van der Waals surface area contributed by atoms with E-state index in [-0.39, 0.29) is 11.4 Å². The first kappa shape index (κ1) is 16.6. The fraction of sp³-hybridized carbons (Fsp3) is 0.235. The van der Waals surface area contributed by atoms with Crippen LogP contribution in [0.1, 0.15) is 11.1 Å². The molecule has 3 aromatic rings. The number of fused-ring (bicyclic) bond motifs is 1. The predicted molar refractivity (Wildman–Crippen MR) is 90.7 cm³/mol. The van der Waals surface area contributed by atoms with Crippen LogP contribution in [0.4, 0.5) is 4.39 Å². The molecule has 0 aliphatic carbocycles. The highest BCUT2D eigenvalue weighted by molar-refractivity contribution is 7.89. The van der Waals surface area contributed by atoms with E-state index < -0.39 is 15.8 Å². The Morgan fingerprint density at radius 1 is 1.21 bits per heavy atom. The van der Waals surface area contributed by atoms with Crippen LogP contribution in [-0.2, 0) is 23.5 Å². The first-order valence-corrected chi connectivity index (χ1v) is 9.01. The van der Waals surface area contributed by atoms with E-state index in [1.54, 1.807) is 13.3 Å². The van der Waals surface area contributed by atoms with Crippen molar-refractivity contribution in [2.24, 2.45) is 7.05 Å². The quantitative estimate of drug-likeness (QED) is 0.771. The Balaban J connectivity index is 1.70. The molecule has 0 bridgehead atoms. The van der Waals surface area contributed by atoms with E-state index in [1.165, 1.54) is 12.1 Å². The van der Waals surface area contributed by atoms with E-state index >= 15 is 0 Å². The first-order valence-electron chi connectivity index (χ1n) is 7.52. The Hall–Kier alpha value is -2.25. The van der Waals surface area contributed by atoms with Gasteiger partial charge in [-0.25, -0.2) is 22.5 Å². The Labute approximate surface area is 140 Å². The van der Waals surface area contributed by atoms with Crippen molar-refractivity contribution >= 4 is 21.1 Å². The van der Waals surface area contributed by atoms with Crippen LogP contribution in [0.5, 0.6) is 0 Å². The van der Waals surface area contributed by atoms with Crippen LogP contribution < -0.4 is 4.72 Å². The van der Waals surface area contributed by atoms with Gasteiger partial charge in [0.05, 0.1) is 22.3 Å². The molecule has 1 N–H and O–H groups in total. The molecule has 0 aliphatic rings. The summed E-state index contributed by atoms with van der Waals surface area (Å²) in [7, 11) is -1.73. The second kappa shape index (κ2) is 6.33. The average molecular weight is 347 g/mol. The van der Waals surface area contributed by atoms with Crippen LogP contribution >= 0.6 is 0 Å². The van der Waals surface area contributed by atoms with Gasteiger partial charge in [0, 0.05) is 13.6 Å². The number of hydrogen-bond donors (Lipinski definition) is 1. The summed E-state index contributed by atoms with van der Waals surface area (Å²) >= 11 is 0. The molecule has 0 aliphatic heterocycles. The number of aryl methyl sites for hydroxylation is 2. The van der Waals surface area contributed by atoms with Crippen molar-refractivity contribution in [2.45, 2.75) is 18.2 Å². The van der Waals surface area contributed by atoms with Gasteiger partial charge in [-0.3, -0.25) is 0 Å². The molecule has 24 heavy (non-hydrogen) atoms. The third-order valence-corrected chi connectivity index (χ3v) is 5.54. The Morgan fingerprint density at radius 3 is 2.75 bits per heavy atom. The molecular formula is C17H18FN3O2S. The molecule has 0 fully saturated rings. The molecule has 5 nitrogen and oxygen atoms in total. The smallest absolute Gasteiger partial charge is 0.240 e. The number of benzene rings is 2. The number of halogens is 1. The van der Waals surface area contributed by atoms with Gasteiger partial charge in [0.2, 0.25) is 10.0 Å². The molecule has 0 atom stereocenters. The molecule has 0 unspecified atom stereocenters.